The molecule has 4 heteroatoms. The van der Waals surface area contributed by atoms with Crippen molar-refractivity contribution in [1.82, 2.24) is 0 Å². The number of hydrogen-bond acceptors (Lipinski definition) is 2. The molecule has 1 fully saturated rings. The van der Waals surface area contributed by atoms with Crippen molar-refractivity contribution in [3.8, 4) is 0 Å². The van der Waals surface area contributed by atoms with E-state index in [1.165, 1.54) is 4.90 Å². The molecule has 0 aromatic heterocycles. The summed E-state index contributed by atoms with van der Waals surface area (Å²) < 4.78 is 0. The number of hydrogen-bond donors (Lipinski definition) is 0. The molecule has 3 aromatic rings. The lowest BCUT2D eigenvalue weighted by Gasteiger charge is -2.39. The zero-order valence-corrected chi connectivity index (χ0v) is 17.2. The van der Waals surface area contributed by atoms with Crippen LogP contribution in [0.5, 0.6) is 0 Å². The third kappa shape index (κ3) is 4.03. The average Bonchev–Trinajstić information content (AvgIpc) is 2.75. The Morgan fingerprint density at radius 3 is 1.93 bits per heavy atom. The van der Waals surface area contributed by atoms with E-state index in [9.17, 15) is 9.59 Å². The Morgan fingerprint density at radius 2 is 1.33 bits per heavy atom. The van der Waals surface area contributed by atoms with Crippen molar-refractivity contribution in [1.29, 1.82) is 0 Å². The predicted octanol–water partition coefficient (Wildman–Crippen LogP) is 5.75. The summed E-state index contributed by atoms with van der Waals surface area (Å²) in [5.41, 5.74) is 4.60. The molecular formula is C26H24N2O2. The number of aryl methyl sites for hydroxylation is 2. The maximum atomic E-state index is 13.5. The maximum Gasteiger partial charge on any atom is 0.336 e. The number of rotatable bonds is 4. The molecule has 0 saturated carbocycles. The molecule has 3 aromatic carbocycles. The van der Waals surface area contributed by atoms with Gasteiger partial charge in [0.25, 0.3) is 0 Å². The molecule has 4 rings (SSSR count). The molecule has 3 amide bonds. The number of amides is 3. The van der Waals surface area contributed by atoms with Gasteiger partial charge in [-0.05, 0) is 43.7 Å². The quantitative estimate of drug-likeness (QED) is 0.563. The third-order valence-corrected chi connectivity index (χ3v) is 5.28. The van der Waals surface area contributed by atoms with E-state index >= 15 is 0 Å². The molecule has 0 spiro atoms. The third-order valence-electron chi connectivity index (χ3n) is 5.28. The second-order valence-electron chi connectivity index (χ2n) is 7.59. The summed E-state index contributed by atoms with van der Waals surface area (Å²) in [5, 5.41) is 0. The normalized spacial score (nSPS) is 17.1. The zero-order valence-electron chi connectivity index (χ0n) is 17.2. The minimum absolute atomic E-state index is 0.199. The molecule has 1 heterocycles. The first-order valence-corrected chi connectivity index (χ1v) is 10.1. The topological polar surface area (TPSA) is 40.6 Å². The van der Waals surface area contributed by atoms with Gasteiger partial charge in [-0.25, -0.2) is 9.69 Å². The summed E-state index contributed by atoms with van der Waals surface area (Å²) >= 11 is 0. The van der Waals surface area contributed by atoms with Crippen LogP contribution in [0.2, 0.25) is 0 Å². The van der Waals surface area contributed by atoms with Crippen LogP contribution in [0.25, 0.3) is 6.08 Å². The van der Waals surface area contributed by atoms with Gasteiger partial charge in [0.15, 0.2) is 0 Å². The fourth-order valence-corrected chi connectivity index (χ4v) is 3.61. The van der Waals surface area contributed by atoms with E-state index in [-0.39, 0.29) is 24.4 Å². The van der Waals surface area contributed by atoms with Crippen molar-refractivity contribution in [3.05, 3.63) is 102 Å². The molecule has 1 aliphatic rings. The molecule has 1 atom stereocenters. The molecule has 1 saturated heterocycles. The second-order valence-corrected chi connectivity index (χ2v) is 7.59. The van der Waals surface area contributed by atoms with Crippen LogP contribution >= 0.6 is 0 Å². The number of benzene rings is 3. The molecule has 0 aliphatic carbocycles. The highest BCUT2D eigenvalue weighted by atomic mass is 16.2. The highest BCUT2D eigenvalue weighted by Gasteiger charge is 2.39. The van der Waals surface area contributed by atoms with Crippen molar-refractivity contribution >= 4 is 29.4 Å². The van der Waals surface area contributed by atoms with Crippen molar-refractivity contribution in [3.63, 3.8) is 0 Å². The van der Waals surface area contributed by atoms with Gasteiger partial charge < -0.3 is 0 Å². The maximum absolute atomic E-state index is 13.5. The van der Waals surface area contributed by atoms with Crippen LogP contribution in [0.3, 0.4) is 0 Å². The summed E-state index contributed by atoms with van der Waals surface area (Å²) in [7, 11) is 0. The molecule has 150 valence electrons. The number of carbonyl (C=O) groups is 2. The Kier molecular flexibility index (Phi) is 5.48. The Labute approximate surface area is 177 Å². The fraction of sp³-hybridized carbons (Fsp3) is 0.154. The Bertz CT molecular complexity index is 1070. The van der Waals surface area contributed by atoms with Crippen LogP contribution in [-0.2, 0) is 4.79 Å². The highest BCUT2D eigenvalue weighted by molar-refractivity contribution is 6.22. The zero-order chi connectivity index (χ0) is 21.1. The summed E-state index contributed by atoms with van der Waals surface area (Å²) in [5.74, 6) is -0.199. The van der Waals surface area contributed by atoms with Gasteiger partial charge in [0.2, 0.25) is 5.91 Å². The number of anilines is 2. The SMILES string of the molecule is Cc1ccc(N2C(=O)CC(/C=C/c3ccccc3)N(c3ccc(C)cc3)C2=O)cc1. The molecule has 0 radical (unpaired) electrons. The highest BCUT2D eigenvalue weighted by Crippen LogP contribution is 2.30. The van der Waals surface area contributed by atoms with E-state index in [1.54, 1.807) is 4.90 Å². The Hall–Kier alpha value is -3.66. The van der Waals surface area contributed by atoms with Crippen molar-refractivity contribution in [2.45, 2.75) is 26.3 Å². The molecule has 4 nitrogen and oxygen atoms in total. The standard InChI is InChI=1S/C26H24N2O2/c1-19-8-13-22(14-9-19)27-24(17-12-21-6-4-3-5-7-21)18-25(29)28(26(27)30)23-15-10-20(2)11-16-23/h3-17,24H,18H2,1-2H3/b17-12+. The van der Waals surface area contributed by atoms with Crippen molar-refractivity contribution in [2.75, 3.05) is 9.80 Å². The first-order chi connectivity index (χ1) is 14.5. The minimum Gasteiger partial charge on any atom is -0.286 e. The largest absolute Gasteiger partial charge is 0.336 e. The first-order valence-electron chi connectivity index (χ1n) is 10.1. The van der Waals surface area contributed by atoms with Gasteiger partial charge >= 0.3 is 6.03 Å². The second kappa shape index (κ2) is 8.37. The molecule has 1 aliphatic heterocycles. The Balaban J connectivity index is 1.72. The van der Waals surface area contributed by atoms with Gasteiger partial charge in [-0.3, -0.25) is 9.69 Å². The first kappa shape index (κ1) is 19.6. The van der Waals surface area contributed by atoms with Crippen LogP contribution < -0.4 is 9.80 Å². The van der Waals surface area contributed by atoms with Gasteiger partial charge in [-0.1, -0.05) is 77.9 Å². The molecule has 0 bridgehead atoms. The molecule has 30 heavy (non-hydrogen) atoms. The lowest BCUT2D eigenvalue weighted by atomic mass is 10.0. The van der Waals surface area contributed by atoms with Gasteiger partial charge in [-0.15, -0.1) is 0 Å². The Morgan fingerprint density at radius 1 is 0.767 bits per heavy atom. The van der Waals surface area contributed by atoms with Crippen LogP contribution in [0.15, 0.2) is 84.9 Å². The number of urea groups is 1. The van der Waals surface area contributed by atoms with Gasteiger partial charge in [0.1, 0.15) is 0 Å². The summed E-state index contributed by atoms with van der Waals surface area (Å²) in [4.78, 5) is 29.5. The molecule has 0 N–H and O–H groups in total. The molecular weight excluding hydrogens is 372 g/mol. The van der Waals surface area contributed by atoms with E-state index in [2.05, 4.69) is 0 Å². The lowest BCUT2D eigenvalue weighted by Crippen LogP contribution is -2.57. The molecule has 1 unspecified atom stereocenters. The van der Waals surface area contributed by atoms with Crippen LogP contribution in [0, 0.1) is 13.8 Å². The summed E-state index contributed by atoms with van der Waals surface area (Å²) in [6, 6.07) is 24.5. The van der Waals surface area contributed by atoms with E-state index in [4.69, 9.17) is 0 Å². The van der Waals surface area contributed by atoms with E-state index in [0.717, 1.165) is 22.4 Å². The van der Waals surface area contributed by atoms with Crippen LogP contribution in [0.4, 0.5) is 16.2 Å². The van der Waals surface area contributed by atoms with Gasteiger partial charge in [0, 0.05) is 5.69 Å². The summed E-state index contributed by atoms with van der Waals surface area (Å²) in [6.07, 6.45) is 4.13. The average molecular weight is 396 g/mol. The summed E-state index contributed by atoms with van der Waals surface area (Å²) in [6.45, 7) is 3.99. The van der Waals surface area contributed by atoms with Crippen LogP contribution in [-0.4, -0.2) is 18.0 Å². The van der Waals surface area contributed by atoms with Crippen LogP contribution in [0.1, 0.15) is 23.1 Å². The smallest absolute Gasteiger partial charge is 0.286 e. The van der Waals surface area contributed by atoms with Crippen molar-refractivity contribution in [2.24, 2.45) is 0 Å². The number of imide groups is 1. The fourth-order valence-electron chi connectivity index (χ4n) is 3.61. The van der Waals surface area contributed by atoms with Crippen molar-refractivity contribution < 1.29 is 9.59 Å². The monoisotopic (exact) mass is 396 g/mol. The lowest BCUT2D eigenvalue weighted by molar-refractivity contribution is -0.118. The van der Waals surface area contributed by atoms with E-state index in [1.807, 2.05) is 105 Å². The van der Waals surface area contributed by atoms with Gasteiger partial charge in [-0.2, -0.15) is 0 Å². The van der Waals surface area contributed by atoms with Gasteiger partial charge in [0.05, 0.1) is 18.2 Å². The van der Waals surface area contributed by atoms with E-state index < -0.39 is 0 Å². The van der Waals surface area contributed by atoms with E-state index in [0.29, 0.717) is 5.69 Å². The number of carbonyl (C=O) groups excluding carboxylic acids is 2. The predicted molar refractivity (Wildman–Crippen MR) is 122 cm³/mol. The minimum atomic E-state index is -0.352. The number of nitrogens with zero attached hydrogens (tertiary/aromatic N) is 2.